The molecule has 1 N–H and O–H groups in total. The summed E-state index contributed by atoms with van der Waals surface area (Å²) >= 11 is 9.62. The van der Waals surface area contributed by atoms with Crippen molar-refractivity contribution >= 4 is 55.4 Å². The van der Waals surface area contributed by atoms with Gasteiger partial charge in [0.15, 0.2) is 0 Å². The zero-order valence-corrected chi connectivity index (χ0v) is 21.8. The Morgan fingerprint density at radius 3 is 2.55 bits per heavy atom. The number of hydrazone groups is 1. The van der Waals surface area contributed by atoms with Crippen LogP contribution in [0.4, 0.5) is 5.69 Å². The lowest BCUT2D eigenvalue weighted by Crippen LogP contribution is -2.39. The van der Waals surface area contributed by atoms with Gasteiger partial charge in [0.1, 0.15) is 6.54 Å². The van der Waals surface area contributed by atoms with E-state index in [1.165, 1.54) is 0 Å². The molecule has 33 heavy (non-hydrogen) atoms. The van der Waals surface area contributed by atoms with E-state index in [0.29, 0.717) is 16.3 Å². The Kier molecular flexibility index (Phi) is 7.66. The molecule has 0 spiro atoms. The number of aromatic nitrogens is 1. The van der Waals surface area contributed by atoms with Gasteiger partial charge in [-0.25, -0.2) is 13.8 Å². The summed E-state index contributed by atoms with van der Waals surface area (Å²) in [4.78, 5) is 12.5. The van der Waals surface area contributed by atoms with Crippen LogP contribution >= 0.6 is 27.5 Å². The minimum Gasteiger partial charge on any atom is -0.318 e. The number of aryl methyl sites for hydroxylation is 1. The monoisotopic (exact) mass is 550 g/mol. The molecule has 1 aromatic heterocycles. The number of benzene rings is 2. The number of carbonyl (C=O) groups is 1. The van der Waals surface area contributed by atoms with Crippen LogP contribution in [0.5, 0.6) is 0 Å². The lowest BCUT2D eigenvalue weighted by molar-refractivity contribution is -0.119. The van der Waals surface area contributed by atoms with Crippen molar-refractivity contribution in [3.63, 3.8) is 0 Å². The molecule has 0 bridgehead atoms. The second-order valence-corrected chi connectivity index (χ2v) is 10.8. The summed E-state index contributed by atoms with van der Waals surface area (Å²) in [6.07, 6.45) is 2.59. The second kappa shape index (κ2) is 10.1. The molecule has 3 rings (SSSR count). The molecule has 0 saturated carbocycles. The van der Waals surface area contributed by atoms with E-state index in [4.69, 9.17) is 11.6 Å². The molecule has 1 amide bonds. The maximum Gasteiger partial charge on any atom is 0.260 e. The second-order valence-electron chi connectivity index (χ2n) is 7.59. The first kappa shape index (κ1) is 25.0. The van der Waals surface area contributed by atoms with E-state index in [0.717, 1.165) is 37.7 Å². The standard InChI is InChI=1S/C23H24BrClN4O3S/c1-15-11-18(17(3)29(15)20-8-5-7-19(24)12-20)13-26-27-23(30)14-28(33(4,31)32)22-10-6-9-21(25)16(22)2/h5-13H,14H2,1-4H3,(H,27,30)/b26-13-. The van der Waals surface area contributed by atoms with Gasteiger partial charge in [0, 0.05) is 32.1 Å². The SMILES string of the molecule is Cc1c(Cl)cccc1N(CC(=O)N/N=C\c1cc(C)n(-c2cccc(Br)c2)c1C)S(C)(=O)=O. The van der Waals surface area contributed by atoms with Crippen LogP contribution in [-0.2, 0) is 14.8 Å². The maximum atomic E-state index is 12.5. The molecular formula is C23H24BrClN4O3S. The third-order valence-corrected chi connectivity index (χ3v) is 7.15. The van der Waals surface area contributed by atoms with Crippen LogP contribution in [0.15, 0.2) is 58.1 Å². The van der Waals surface area contributed by atoms with Crippen molar-refractivity contribution in [1.82, 2.24) is 9.99 Å². The lowest BCUT2D eigenvalue weighted by Gasteiger charge is -2.23. The van der Waals surface area contributed by atoms with Gasteiger partial charge < -0.3 is 4.57 Å². The summed E-state index contributed by atoms with van der Waals surface area (Å²) in [5.41, 5.74) is 7.14. The number of sulfonamides is 1. The van der Waals surface area contributed by atoms with E-state index in [2.05, 4.69) is 31.0 Å². The Morgan fingerprint density at radius 2 is 1.88 bits per heavy atom. The highest BCUT2D eigenvalue weighted by molar-refractivity contribution is 9.10. The number of anilines is 1. The van der Waals surface area contributed by atoms with Crippen molar-refractivity contribution < 1.29 is 13.2 Å². The minimum absolute atomic E-state index is 0.349. The Bertz CT molecular complexity index is 1340. The van der Waals surface area contributed by atoms with Gasteiger partial charge in [0.2, 0.25) is 10.0 Å². The lowest BCUT2D eigenvalue weighted by atomic mass is 10.2. The fourth-order valence-corrected chi connectivity index (χ4v) is 4.98. The first-order valence-electron chi connectivity index (χ1n) is 9.98. The number of hydrogen-bond donors (Lipinski definition) is 1. The van der Waals surface area contributed by atoms with Crippen molar-refractivity contribution in [3.8, 4) is 5.69 Å². The summed E-state index contributed by atoms with van der Waals surface area (Å²) in [7, 11) is -3.72. The summed E-state index contributed by atoms with van der Waals surface area (Å²) < 4.78 is 28.7. The molecule has 174 valence electrons. The predicted octanol–water partition coefficient (Wildman–Crippen LogP) is 4.73. The highest BCUT2D eigenvalue weighted by atomic mass is 79.9. The van der Waals surface area contributed by atoms with E-state index in [1.54, 1.807) is 31.3 Å². The molecule has 0 aliphatic rings. The number of nitrogens with one attached hydrogen (secondary N) is 1. The molecule has 0 fully saturated rings. The first-order chi connectivity index (χ1) is 15.5. The van der Waals surface area contributed by atoms with Crippen LogP contribution in [0.25, 0.3) is 5.69 Å². The van der Waals surface area contributed by atoms with Gasteiger partial charge in [0.05, 0.1) is 18.2 Å². The van der Waals surface area contributed by atoms with Crippen LogP contribution in [-0.4, -0.2) is 37.9 Å². The molecule has 0 atom stereocenters. The van der Waals surface area contributed by atoms with Crippen molar-refractivity contribution in [2.75, 3.05) is 17.1 Å². The van der Waals surface area contributed by atoms with Gasteiger partial charge in [-0.15, -0.1) is 0 Å². The van der Waals surface area contributed by atoms with E-state index in [1.807, 2.05) is 44.2 Å². The predicted molar refractivity (Wildman–Crippen MR) is 137 cm³/mol. The quantitative estimate of drug-likeness (QED) is 0.340. The fourth-order valence-electron chi connectivity index (χ4n) is 3.52. The average Bonchev–Trinajstić information content (AvgIpc) is 3.01. The average molecular weight is 552 g/mol. The Balaban J connectivity index is 1.77. The minimum atomic E-state index is -3.72. The number of hydrogen-bond acceptors (Lipinski definition) is 4. The van der Waals surface area contributed by atoms with Gasteiger partial charge in [0.25, 0.3) is 5.91 Å². The molecule has 0 aliphatic carbocycles. The number of nitrogens with zero attached hydrogens (tertiary/aromatic N) is 3. The topological polar surface area (TPSA) is 83.8 Å². The first-order valence-corrected chi connectivity index (χ1v) is 13.0. The highest BCUT2D eigenvalue weighted by Gasteiger charge is 2.23. The molecule has 10 heteroatoms. The van der Waals surface area contributed by atoms with E-state index >= 15 is 0 Å². The van der Waals surface area contributed by atoms with Crippen LogP contribution < -0.4 is 9.73 Å². The number of carbonyl (C=O) groups excluding carboxylic acids is 1. The number of amides is 1. The molecule has 0 saturated heterocycles. The molecule has 7 nitrogen and oxygen atoms in total. The number of rotatable bonds is 7. The fraction of sp³-hybridized carbons (Fsp3) is 0.217. The summed E-state index contributed by atoms with van der Waals surface area (Å²) in [5.74, 6) is -0.572. The number of halogens is 2. The van der Waals surface area contributed by atoms with Crippen LogP contribution in [0.2, 0.25) is 5.02 Å². The van der Waals surface area contributed by atoms with Crippen LogP contribution in [0.1, 0.15) is 22.5 Å². The van der Waals surface area contributed by atoms with Gasteiger partial charge in [-0.2, -0.15) is 5.10 Å². The maximum absolute atomic E-state index is 12.5. The zero-order chi connectivity index (χ0) is 24.3. The van der Waals surface area contributed by atoms with Gasteiger partial charge in [-0.05, 0) is 62.7 Å². The molecule has 0 radical (unpaired) electrons. The van der Waals surface area contributed by atoms with Gasteiger partial charge in [-0.1, -0.05) is 39.7 Å². The zero-order valence-electron chi connectivity index (χ0n) is 18.6. The summed E-state index contributed by atoms with van der Waals surface area (Å²) in [5, 5.41) is 4.46. The summed E-state index contributed by atoms with van der Waals surface area (Å²) in [6.45, 7) is 5.23. The van der Waals surface area contributed by atoms with Crippen molar-refractivity contribution in [2.24, 2.45) is 5.10 Å². The molecule has 0 aliphatic heterocycles. The molecule has 3 aromatic rings. The van der Waals surface area contributed by atoms with Crippen LogP contribution in [0, 0.1) is 20.8 Å². The third kappa shape index (κ3) is 5.85. The summed E-state index contributed by atoms with van der Waals surface area (Å²) in [6, 6.07) is 14.8. The molecular weight excluding hydrogens is 528 g/mol. The highest BCUT2D eigenvalue weighted by Crippen LogP contribution is 2.28. The van der Waals surface area contributed by atoms with Crippen molar-refractivity contribution in [3.05, 3.63) is 80.5 Å². The Hall–Kier alpha value is -2.62. The molecule has 2 aromatic carbocycles. The Morgan fingerprint density at radius 1 is 1.18 bits per heavy atom. The third-order valence-electron chi connectivity index (χ3n) is 5.12. The van der Waals surface area contributed by atoms with E-state index < -0.39 is 22.5 Å². The van der Waals surface area contributed by atoms with Crippen LogP contribution in [0.3, 0.4) is 0 Å². The molecule has 1 heterocycles. The van der Waals surface area contributed by atoms with E-state index in [9.17, 15) is 13.2 Å². The van der Waals surface area contributed by atoms with Gasteiger partial charge in [-0.3, -0.25) is 9.10 Å². The smallest absolute Gasteiger partial charge is 0.260 e. The van der Waals surface area contributed by atoms with Crippen molar-refractivity contribution in [1.29, 1.82) is 0 Å². The van der Waals surface area contributed by atoms with Crippen molar-refractivity contribution in [2.45, 2.75) is 20.8 Å². The molecule has 0 unspecified atom stereocenters. The van der Waals surface area contributed by atoms with Gasteiger partial charge >= 0.3 is 0 Å². The normalized spacial score (nSPS) is 11.7. The Labute approximate surface area is 207 Å². The largest absolute Gasteiger partial charge is 0.318 e. The van der Waals surface area contributed by atoms with E-state index in [-0.39, 0.29) is 0 Å².